The van der Waals surface area contributed by atoms with Crippen molar-refractivity contribution >= 4 is 97.8 Å². The number of Topliss-reactive ketones (excluding diaryl/α,β-unsaturated/α-hetero) is 2. The zero-order valence-corrected chi connectivity index (χ0v) is 38.5. The van der Waals surface area contributed by atoms with Crippen molar-refractivity contribution < 1.29 is 37.4 Å². The van der Waals surface area contributed by atoms with Crippen molar-refractivity contribution in [2.75, 3.05) is 20.0 Å². The number of anilines is 1. The van der Waals surface area contributed by atoms with Crippen LogP contribution in [0.5, 0.6) is 17.4 Å². The maximum absolute atomic E-state index is 12.3. The second kappa shape index (κ2) is 22.8. The van der Waals surface area contributed by atoms with Gasteiger partial charge in [-0.25, -0.2) is 10.1 Å². The number of fused-ring (bicyclic) bond motifs is 1. The molecule has 0 unspecified atom stereocenters. The Kier molecular flexibility index (Phi) is 21.0. The molecule has 0 aliphatic rings. The third-order valence-electron chi connectivity index (χ3n) is 6.59. The molecular formula is C30H36I5N8O6-. The monoisotopic (exact) mass is 1240 g/mol. The second-order valence-electron chi connectivity index (χ2n) is 10.1. The number of aromatic nitrogens is 7. The minimum atomic E-state index is -0.717. The number of aryl methyl sites for hydroxylation is 4. The Labute approximate surface area is 336 Å². The predicted octanol–water partition coefficient (Wildman–Crippen LogP) is 3.92. The molecule has 2 aromatic carbocycles. The number of nitrogen functional groups attached to an aromatic ring is 1. The van der Waals surface area contributed by atoms with Crippen LogP contribution >= 0.6 is 74.5 Å². The Morgan fingerprint density at radius 1 is 0.898 bits per heavy atom. The van der Waals surface area contributed by atoms with Gasteiger partial charge in [0.05, 0.1) is 14.2 Å². The van der Waals surface area contributed by atoms with Gasteiger partial charge in [-0.05, 0) is 75.9 Å². The van der Waals surface area contributed by atoms with Gasteiger partial charge >= 0.3 is 50.5 Å². The molecule has 268 valence electrons. The van der Waals surface area contributed by atoms with Crippen LogP contribution in [0.15, 0.2) is 41.7 Å². The number of hydrogen-bond acceptors (Lipinski definition) is 11. The fourth-order valence-corrected chi connectivity index (χ4v) is 4.87. The molecule has 5 aromatic rings. The molecule has 0 aliphatic carbocycles. The van der Waals surface area contributed by atoms with Gasteiger partial charge in [0.15, 0.2) is 0 Å². The Morgan fingerprint density at radius 3 is 1.88 bits per heavy atom. The number of H-pyrrole nitrogens is 2. The topological polar surface area (TPSA) is 203 Å². The number of carbonyl (C=O) groups is 2. The van der Waals surface area contributed by atoms with Gasteiger partial charge in [-0.1, -0.05) is 12.1 Å². The van der Waals surface area contributed by atoms with E-state index >= 15 is 0 Å². The van der Waals surface area contributed by atoms with Crippen LogP contribution in [-0.2, 0) is 9.59 Å². The van der Waals surface area contributed by atoms with Gasteiger partial charge in [0.1, 0.15) is 47.2 Å². The summed E-state index contributed by atoms with van der Waals surface area (Å²) in [5.74, 6) is 0.387. The van der Waals surface area contributed by atoms with E-state index < -0.39 is 11.5 Å². The molecule has 0 fully saturated rings. The summed E-state index contributed by atoms with van der Waals surface area (Å²) < 4.78 is 11.8. The Morgan fingerprint density at radius 2 is 1.43 bits per heavy atom. The van der Waals surface area contributed by atoms with E-state index in [0.717, 1.165) is 22.3 Å². The van der Waals surface area contributed by atoms with Gasteiger partial charge in [0, 0.05) is 48.4 Å². The van der Waals surface area contributed by atoms with E-state index in [9.17, 15) is 19.5 Å². The van der Waals surface area contributed by atoms with Crippen LogP contribution in [0.3, 0.4) is 0 Å². The summed E-state index contributed by atoms with van der Waals surface area (Å²) in [6.45, 7) is 10.5. The number of carbonyl (C=O) groups excluding carboxylic acids is 2. The van der Waals surface area contributed by atoms with Crippen molar-refractivity contribution in [1.82, 2.24) is 34.8 Å². The van der Waals surface area contributed by atoms with E-state index in [4.69, 9.17) is 15.2 Å². The van der Waals surface area contributed by atoms with E-state index in [-0.39, 0.29) is 28.8 Å². The summed E-state index contributed by atoms with van der Waals surface area (Å²) in [5, 5.41) is 20.1. The van der Waals surface area contributed by atoms with Crippen molar-refractivity contribution in [3.63, 3.8) is 0 Å². The molecule has 0 bridgehead atoms. The third kappa shape index (κ3) is 13.0. The number of rotatable bonds is 6. The average molecular weight is 1240 g/mol. The third-order valence-corrected chi connectivity index (χ3v) is 6.59. The molecule has 0 spiro atoms. The molecule has 5 rings (SSSR count). The number of nitrogens with one attached hydrogen (secondary N) is 2. The van der Waals surface area contributed by atoms with Crippen LogP contribution in [0.2, 0.25) is 0 Å². The van der Waals surface area contributed by atoms with E-state index in [2.05, 4.69) is 105 Å². The van der Waals surface area contributed by atoms with E-state index in [0.29, 0.717) is 41.8 Å². The van der Waals surface area contributed by atoms with Crippen molar-refractivity contribution in [2.45, 2.75) is 47.5 Å². The predicted molar refractivity (Wildman–Crippen MR) is 220 cm³/mol. The quantitative estimate of drug-likeness (QED) is 0.142. The number of halogens is 5. The zero-order chi connectivity index (χ0) is 37.4. The van der Waals surface area contributed by atoms with Crippen LogP contribution in [0, 0.1) is 27.7 Å². The number of aromatic hydroxyl groups is 1. The number of aromatic amines is 2. The van der Waals surface area contributed by atoms with Crippen LogP contribution < -0.4 is 34.0 Å². The normalized spacial score (nSPS) is 9.98. The number of nitrogens with two attached hydrogens (primary N) is 1. The SMILES string of the molecule is COc1cc(C)cc(C)c1-c1c(O)n2ncnc2[nH]c1=O.COc1cc(C)cc(C)c1C(C(C)=O)C(C)=O.II.I[I-]I.Nc1ncn[nH]1. The molecule has 5 N–H and O–H groups in total. The molecule has 3 aromatic heterocycles. The summed E-state index contributed by atoms with van der Waals surface area (Å²) in [6.07, 6.45) is 2.61. The number of nitrogens with zero attached hydrogens (tertiary/aromatic N) is 5. The second-order valence-corrected chi connectivity index (χ2v) is 26.3. The average Bonchev–Trinajstić information content (AvgIpc) is 3.72. The summed E-state index contributed by atoms with van der Waals surface area (Å²) in [4.78, 5) is 45.5. The minimum absolute atomic E-state index is 0.113. The van der Waals surface area contributed by atoms with Gasteiger partial charge in [-0.3, -0.25) is 19.4 Å². The van der Waals surface area contributed by atoms with Crippen molar-refractivity contribution in [3.8, 4) is 28.5 Å². The zero-order valence-electron chi connectivity index (χ0n) is 27.7. The van der Waals surface area contributed by atoms with Gasteiger partial charge in [-0.15, -0.1) is 0 Å². The minimum Gasteiger partial charge on any atom is -0.368 e. The summed E-state index contributed by atoms with van der Waals surface area (Å²) in [6, 6.07) is 7.53. The van der Waals surface area contributed by atoms with Crippen molar-refractivity contribution in [1.29, 1.82) is 0 Å². The molecule has 14 nitrogen and oxygen atoms in total. The molecule has 0 saturated heterocycles. The first-order chi connectivity index (χ1) is 23.2. The first kappa shape index (κ1) is 45.1. The number of methoxy groups -OCH3 is 2. The van der Waals surface area contributed by atoms with Gasteiger partial charge in [0.25, 0.3) is 5.56 Å². The number of ketones is 2. The first-order valence-corrected chi connectivity index (χ1v) is 32.7. The molecule has 0 aliphatic heterocycles. The maximum Gasteiger partial charge on any atom is 0.215 e. The fourth-order valence-electron chi connectivity index (χ4n) is 4.87. The summed E-state index contributed by atoms with van der Waals surface area (Å²) in [7, 11) is 3.08. The number of hydrogen-bond donors (Lipinski definition) is 4. The van der Waals surface area contributed by atoms with Gasteiger partial charge < -0.3 is 20.3 Å². The molecule has 0 amide bonds. The van der Waals surface area contributed by atoms with Crippen molar-refractivity contribution in [2.24, 2.45) is 0 Å². The van der Waals surface area contributed by atoms with Crippen molar-refractivity contribution in [3.05, 3.63) is 75.1 Å². The Balaban J connectivity index is 0.000000381. The van der Waals surface area contributed by atoms with Gasteiger partial charge in [0.2, 0.25) is 17.6 Å². The van der Waals surface area contributed by atoms with Crippen LogP contribution in [-0.4, -0.2) is 65.7 Å². The van der Waals surface area contributed by atoms with E-state index in [1.807, 2.05) is 52.0 Å². The molecule has 49 heavy (non-hydrogen) atoms. The maximum atomic E-state index is 12.3. The standard InChI is InChI=1S/C14H14N4O3.C14H18O3.C2H4N4.I3.I2/c1-7-4-8(2)10(9(5-7)21-3)11-12(19)17-14-15-6-16-18(14)13(11)20;1-8-6-9(2)13(12(7-8)17-5)14(10(3)15)11(4)16;3-2-4-1-5-6-2;1-3-2;1-2/h4-6,20H,1-3H3,(H,15,16,17,19);6-7,14H,1-5H3;1H,(H3,3,4,5,6);;/q;;;-1;. The van der Waals surface area contributed by atoms with Crippen LogP contribution in [0.4, 0.5) is 5.95 Å². The van der Waals surface area contributed by atoms with Gasteiger partial charge in [-0.2, -0.15) is 19.7 Å². The van der Waals surface area contributed by atoms with Crippen LogP contribution in [0.25, 0.3) is 16.9 Å². The van der Waals surface area contributed by atoms with Crippen LogP contribution in [0.1, 0.15) is 47.6 Å². The summed E-state index contributed by atoms with van der Waals surface area (Å²) >= 11 is 9.54. The Hall–Kier alpha value is -1.88. The number of benzene rings is 2. The van der Waals surface area contributed by atoms with E-state index in [1.165, 1.54) is 38.1 Å². The fraction of sp³-hybridized carbons (Fsp3) is 0.300. The molecule has 3 heterocycles. The molecule has 0 saturated carbocycles. The molecule has 0 atom stereocenters. The molecular weight excluding hydrogens is 1200 g/mol. The summed E-state index contributed by atoms with van der Waals surface area (Å²) in [5.41, 5.74) is 9.75. The largest absolute Gasteiger partial charge is 0.368 e. The molecule has 19 heteroatoms. The molecule has 0 radical (unpaired) electrons. The first-order valence-electron chi connectivity index (χ1n) is 13.8. The van der Waals surface area contributed by atoms with E-state index in [1.54, 1.807) is 7.11 Å². The Bertz CT molecular complexity index is 1870. The smallest absolute Gasteiger partial charge is 0.215 e. The number of ether oxygens (including phenoxy) is 2.